The van der Waals surface area contributed by atoms with E-state index in [0.717, 1.165) is 25.9 Å². The van der Waals surface area contributed by atoms with E-state index >= 15 is 0 Å². The van der Waals surface area contributed by atoms with Gasteiger partial charge < -0.3 is 9.47 Å². The second kappa shape index (κ2) is 7.27. The van der Waals surface area contributed by atoms with Crippen LogP contribution in [0.3, 0.4) is 0 Å². The zero-order valence-corrected chi connectivity index (χ0v) is 10.6. The normalized spacial score (nSPS) is 18.5. The highest BCUT2D eigenvalue weighted by Gasteiger charge is 2.30. The Morgan fingerprint density at radius 1 is 1.24 bits per heavy atom. The van der Waals surface area contributed by atoms with Crippen LogP contribution in [0.4, 0.5) is 0 Å². The first kappa shape index (κ1) is 14.0. The first-order valence-corrected chi connectivity index (χ1v) is 6.16. The van der Waals surface area contributed by atoms with Crippen LogP contribution in [-0.4, -0.2) is 49.7 Å². The van der Waals surface area contributed by atoms with E-state index in [1.807, 2.05) is 4.90 Å². The maximum atomic E-state index is 11.7. The number of hydrogen-bond donors (Lipinski definition) is 0. The summed E-state index contributed by atoms with van der Waals surface area (Å²) in [5.41, 5.74) is 0. The number of carbonyl (C=O) groups is 2. The maximum Gasteiger partial charge on any atom is 0.323 e. The number of methoxy groups -OCH3 is 1. The Morgan fingerprint density at radius 2 is 1.88 bits per heavy atom. The molecule has 0 aromatic carbocycles. The minimum Gasteiger partial charge on any atom is -0.468 e. The van der Waals surface area contributed by atoms with Gasteiger partial charge in [0, 0.05) is 0 Å². The molecule has 1 rings (SSSR count). The third-order valence-electron chi connectivity index (χ3n) is 2.97. The molecule has 0 aromatic heterocycles. The number of nitrogens with zero attached hydrogens (tertiary/aromatic N) is 1. The zero-order chi connectivity index (χ0) is 12.7. The standard InChI is InChI=1S/C12H21NO4/c1-3-17-11(14)9-10(12(15)16-2)13-7-5-4-6-8-13/h10H,3-9H2,1-2H3. The smallest absolute Gasteiger partial charge is 0.323 e. The average Bonchev–Trinajstić information content (AvgIpc) is 2.36. The molecule has 98 valence electrons. The van der Waals surface area contributed by atoms with Crippen LogP contribution in [0.5, 0.6) is 0 Å². The highest BCUT2D eigenvalue weighted by Crippen LogP contribution is 2.15. The molecule has 0 radical (unpaired) electrons. The molecule has 1 atom stereocenters. The highest BCUT2D eigenvalue weighted by atomic mass is 16.5. The lowest BCUT2D eigenvalue weighted by atomic mass is 10.1. The predicted octanol–water partition coefficient (Wildman–Crippen LogP) is 0.967. The van der Waals surface area contributed by atoms with Crippen molar-refractivity contribution in [2.45, 2.75) is 38.6 Å². The minimum absolute atomic E-state index is 0.0838. The second-order valence-corrected chi connectivity index (χ2v) is 4.14. The van der Waals surface area contributed by atoms with E-state index in [4.69, 9.17) is 9.47 Å². The largest absolute Gasteiger partial charge is 0.468 e. The first-order valence-electron chi connectivity index (χ1n) is 6.16. The molecule has 1 heterocycles. The molecule has 1 aliphatic heterocycles. The van der Waals surface area contributed by atoms with Gasteiger partial charge in [-0.1, -0.05) is 6.42 Å². The number of rotatable bonds is 5. The molecule has 17 heavy (non-hydrogen) atoms. The Hall–Kier alpha value is -1.10. The molecule has 0 bridgehead atoms. The van der Waals surface area contributed by atoms with Crippen molar-refractivity contribution >= 4 is 11.9 Å². The predicted molar refractivity (Wildman–Crippen MR) is 62.5 cm³/mol. The van der Waals surface area contributed by atoms with Crippen LogP contribution < -0.4 is 0 Å². The Morgan fingerprint density at radius 3 is 2.41 bits per heavy atom. The Labute approximate surface area is 102 Å². The van der Waals surface area contributed by atoms with Gasteiger partial charge in [0.05, 0.1) is 20.1 Å². The summed E-state index contributed by atoms with van der Waals surface area (Å²) >= 11 is 0. The van der Waals surface area contributed by atoms with Crippen molar-refractivity contribution in [3.05, 3.63) is 0 Å². The summed E-state index contributed by atoms with van der Waals surface area (Å²) < 4.78 is 9.64. The lowest BCUT2D eigenvalue weighted by molar-refractivity contribution is -0.155. The number of hydrogen-bond acceptors (Lipinski definition) is 5. The highest BCUT2D eigenvalue weighted by molar-refractivity contribution is 5.82. The van der Waals surface area contributed by atoms with Crippen molar-refractivity contribution in [1.82, 2.24) is 4.90 Å². The van der Waals surface area contributed by atoms with Crippen LogP contribution in [0.1, 0.15) is 32.6 Å². The second-order valence-electron chi connectivity index (χ2n) is 4.14. The van der Waals surface area contributed by atoms with E-state index in [2.05, 4.69) is 0 Å². The van der Waals surface area contributed by atoms with Crippen molar-refractivity contribution in [3.63, 3.8) is 0 Å². The van der Waals surface area contributed by atoms with Crippen molar-refractivity contribution in [1.29, 1.82) is 0 Å². The zero-order valence-electron chi connectivity index (χ0n) is 10.6. The summed E-state index contributed by atoms with van der Waals surface area (Å²) in [7, 11) is 1.35. The molecule has 0 aliphatic carbocycles. The van der Waals surface area contributed by atoms with Crippen molar-refractivity contribution in [2.24, 2.45) is 0 Å². The van der Waals surface area contributed by atoms with Crippen LogP contribution in [0, 0.1) is 0 Å². The SMILES string of the molecule is CCOC(=O)CC(C(=O)OC)N1CCCCC1. The molecule has 0 saturated carbocycles. The van der Waals surface area contributed by atoms with Crippen LogP contribution in [0.15, 0.2) is 0 Å². The fourth-order valence-corrected chi connectivity index (χ4v) is 2.11. The Kier molecular flexibility index (Phi) is 5.97. The fraction of sp³-hybridized carbons (Fsp3) is 0.833. The van der Waals surface area contributed by atoms with Gasteiger partial charge in [-0.25, -0.2) is 0 Å². The van der Waals surface area contributed by atoms with E-state index < -0.39 is 6.04 Å². The Bertz CT molecular complexity index is 261. The fourth-order valence-electron chi connectivity index (χ4n) is 2.11. The van der Waals surface area contributed by atoms with Crippen LogP contribution >= 0.6 is 0 Å². The number of carbonyl (C=O) groups excluding carboxylic acids is 2. The molecule has 1 saturated heterocycles. The van der Waals surface area contributed by atoms with E-state index in [9.17, 15) is 9.59 Å². The van der Waals surface area contributed by atoms with Gasteiger partial charge in [0.25, 0.3) is 0 Å². The van der Waals surface area contributed by atoms with E-state index in [1.54, 1.807) is 6.92 Å². The molecule has 1 fully saturated rings. The lowest BCUT2D eigenvalue weighted by Crippen LogP contribution is -2.46. The quantitative estimate of drug-likeness (QED) is 0.673. The van der Waals surface area contributed by atoms with E-state index in [1.165, 1.54) is 13.5 Å². The average molecular weight is 243 g/mol. The summed E-state index contributed by atoms with van der Waals surface area (Å²) in [5.74, 6) is -0.687. The maximum absolute atomic E-state index is 11.7. The lowest BCUT2D eigenvalue weighted by Gasteiger charge is -2.32. The third kappa shape index (κ3) is 4.34. The molecule has 1 unspecified atom stereocenters. The van der Waals surface area contributed by atoms with Gasteiger partial charge in [-0.3, -0.25) is 14.5 Å². The van der Waals surface area contributed by atoms with Crippen LogP contribution in [0.25, 0.3) is 0 Å². The van der Waals surface area contributed by atoms with Gasteiger partial charge in [0.1, 0.15) is 6.04 Å². The van der Waals surface area contributed by atoms with E-state index in [0.29, 0.717) is 6.61 Å². The topological polar surface area (TPSA) is 55.8 Å². The Balaban J connectivity index is 2.58. The molecule has 0 amide bonds. The van der Waals surface area contributed by atoms with Crippen molar-refractivity contribution in [3.8, 4) is 0 Å². The summed E-state index contributed by atoms with van der Waals surface area (Å²) in [4.78, 5) is 25.2. The number of likely N-dealkylation sites (tertiary alicyclic amines) is 1. The molecule has 5 nitrogen and oxygen atoms in total. The van der Waals surface area contributed by atoms with Crippen molar-refractivity contribution in [2.75, 3.05) is 26.8 Å². The molecule has 0 spiro atoms. The van der Waals surface area contributed by atoms with E-state index in [-0.39, 0.29) is 18.4 Å². The molecular weight excluding hydrogens is 222 g/mol. The van der Waals surface area contributed by atoms with Crippen LogP contribution in [-0.2, 0) is 19.1 Å². The first-order chi connectivity index (χ1) is 8.19. The van der Waals surface area contributed by atoms with Gasteiger partial charge in [-0.2, -0.15) is 0 Å². The minimum atomic E-state index is -0.487. The van der Waals surface area contributed by atoms with Gasteiger partial charge in [-0.15, -0.1) is 0 Å². The van der Waals surface area contributed by atoms with Gasteiger partial charge in [0.15, 0.2) is 0 Å². The summed E-state index contributed by atoms with van der Waals surface area (Å²) in [5, 5.41) is 0. The van der Waals surface area contributed by atoms with Gasteiger partial charge >= 0.3 is 11.9 Å². The van der Waals surface area contributed by atoms with Gasteiger partial charge in [-0.05, 0) is 32.9 Å². The van der Waals surface area contributed by atoms with Crippen molar-refractivity contribution < 1.29 is 19.1 Å². The summed E-state index contributed by atoms with van der Waals surface area (Å²) in [6, 6.07) is -0.487. The number of ether oxygens (including phenoxy) is 2. The molecule has 0 aromatic rings. The van der Waals surface area contributed by atoms with Gasteiger partial charge in [0.2, 0.25) is 0 Å². The summed E-state index contributed by atoms with van der Waals surface area (Å²) in [6.45, 7) is 3.79. The van der Waals surface area contributed by atoms with Crippen LogP contribution in [0.2, 0.25) is 0 Å². The third-order valence-corrected chi connectivity index (χ3v) is 2.97. The molecule has 0 N–H and O–H groups in total. The molecule has 5 heteroatoms. The number of piperidine rings is 1. The monoisotopic (exact) mass is 243 g/mol. The molecule has 1 aliphatic rings. The number of esters is 2. The summed E-state index contributed by atoms with van der Waals surface area (Å²) in [6.07, 6.45) is 3.40. The molecular formula is C12H21NO4.